The molecule has 0 spiro atoms. The summed E-state index contributed by atoms with van der Waals surface area (Å²) >= 11 is 0. The van der Waals surface area contributed by atoms with Crippen molar-refractivity contribution in [2.75, 3.05) is 0 Å². The fourth-order valence-corrected chi connectivity index (χ4v) is 3.17. The molecule has 5 nitrogen and oxygen atoms in total. The number of carbonyl (C=O) groups excluding carboxylic acids is 1. The molecule has 25 heavy (non-hydrogen) atoms. The van der Waals surface area contributed by atoms with Crippen molar-refractivity contribution in [1.82, 2.24) is 20.1 Å². The molecule has 134 valence electrons. The van der Waals surface area contributed by atoms with Crippen LogP contribution in [0.3, 0.4) is 0 Å². The molecule has 1 saturated carbocycles. The smallest absolute Gasteiger partial charge is 0.330 e. The second-order valence-electron chi connectivity index (χ2n) is 6.24. The number of halogens is 3. The van der Waals surface area contributed by atoms with Crippen molar-refractivity contribution >= 4 is 5.91 Å². The first-order valence-corrected chi connectivity index (χ1v) is 8.27. The van der Waals surface area contributed by atoms with Crippen LogP contribution in [-0.2, 0) is 12.7 Å². The minimum absolute atomic E-state index is 0.0143. The summed E-state index contributed by atoms with van der Waals surface area (Å²) in [5, 5.41) is 5.51. The molecule has 1 aliphatic carbocycles. The summed E-state index contributed by atoms with van der Waals surface area (Å²) in [5.74, 6) is -0.476. The number of hydrogen-bond acceptors (Lipinski definition) is 3. The summed E-state index contributed by atoms with van der Waals surface area (Å²) in [5.41, 5.74) is -0.323. The van der Waals surface area contributed by atoms with Crippen molar-refractivity contribution in [2.45, 2.75) is 50.9 Å². The Morgan fingerprint density at radius 3 is 2.48 bits per heavy atom. The molecule has 0 aliphatic heterocycles. The van der Waals surface area contributed by atoms with Gasteiger partial charge in [0.05, 0.1) is 0 Å². The van der Waals surface area contributed by atoms with E-state index in [4.69, 9.17) is 0 Å². The van der Waals surface area contributed by atoms with E-state index in [0.29, 0.717) is 6.54 Å². The third kappa shape index (κ3) is 4.18. The van der Waals surface area contributed by atoms with Crippen molar-refractivity contribution in [3.05, 3.63) is 47.5 Å². The Labute approximate surface area is 143 Å². The van der Waals surface area contributed by atoms with Crippen LogP contribution in [0, 0.1) is 0 Å². The molecule has 0 radical (unpaired) electrons. The summed E-state index contributed by atoms with van der Waals surface area (Å²) in [4.78, 5) is 18.4. The van der Waals surface area contributed by atoms with Crippen LogP contribution in [0.5, 0.6) is 0 Å². The maximum absolute atomic E-state index is 12.8. The molecule has 8 heteroatoms. The monoisotopic (exact) mass is 352 g/mol. The van der Waals surface area contributed by atoms with Gasteiger partial charge in [0.2, 0.25) is 0 Å². The van der Waals surface area contributed by atoms with E-state index < -0.39 is 17.8 Å². The van der Waals surface area contributed by atoms with Crippen molar-refractivity contribution in [3.63, 3.8) is 0 Å². The van der Waals surface area contributed by atoms with Gasteiger partial charge in [-0.2, -0.15) is 18.3 Å². The van der Waals surface area contributed by atoms with E-state index in [1.807, 2.05) is 5.10 Å². The summed E-state index contributed by atoms with van der Waals surface area (Å²) in [7, 11) is 0. The lowest BCUT2D eigenvalue weighted by Gasteiger charge is -2.34. The number of amides is 1. The fraction of sp³-hybridized carbons (Fsp3) is 0.471. The summed E-state index contributed by atoms with van der Waals surface area (Å²) in [6.45, 7) is 0.334. The predicted molar refractivity (Wildman–Crippen MR) is 84.6 cm³/mol. The van der Waals surface area contributed by atoms with E-state index in [9.17, 15) is 18.0 Å². The molecule has 2 heterocycles. The molecule has 0 unspecified atom stereocenters. The zero-order valence-corrected chi connectivity index (χ0v) is 13.6. The van der Waals surface area contributed by atoms with Crippen LogP contribution < -0.4 is 0 Å². The number of rotatable bonds is 4. The number of nitrogens with zero attached hydrogens (tertiary/aromatic N) is 3. The lowest BCUT2D eigenvalue weighted by Crippen LogP contribution is -2.41. The third-order valence-electron chi connectivity index (χ3n) is 4.48. The lowest BCUT2D eigenvalue weighted by atomic mass is 9.93. The summed E-state index contributed by atoms with van der Waals surface area (Å²) in [6, 6.07) is 4.40. The number of hydrogen-bond donors (Lipinski definition) is 1. The van der Waals surface area contributed by atoms with Gasteiger partial charge in [0, 0.05) is 31.0 Å². The molecule has 1 aliphatic rings. The van der Waals surface area contributed by atoms with Gasteiger partial charge in [0.25, 0.3) is 5.91 Å². The summed E-state index contributed by atoms with van der Waals surface area (Å²) < 4.78 is 38.3. The Bertz CT molecular complexity index is 708. The van der Waals surface area contributed by atoms with Gasteiger partial charge in [-0.15, -0.1) is 0 Å². The van der Waals surface area contributed by atoms with E-state index in [-0.39, 0.29) is 11.7 Å². The minimum Gasteiger partial charge on any atom is -0.330 e. The highest BCUT2D eigenvalue weighted by Gasteiger charge is 2.35. The third-order valence-corrected chi connectivity index (χ3v) is 4.48. The van der Waals surface area contributed by atoms with Crippen molar-refractivity contribution in [1.29, 1.82) is 0 Å². The van der Waals surface area contributed by atoms with Crippen LogP contribution >= 0.6 is 0 Å². The van der Waals surface area contributed by atoms with E-state index in [1.54, 1.807) is 29.4 Å². The zero-order valence-electron chi connectivity index (χ0n) is 13.6. The number of aromatic nitrogens is 3. The SMILES string of the molecule is O=C(c1cc(C(F)(F)F)[nH]n1)N(Cc1ccncc1)C1CCCCC1. The van der Waals surface area contributed by atoms with Crippen LogP contribution in [0.25, 0.3) is 0 Å². The number of pyridine rings is 1. The number of nitrogens with one attached hydrogen (secondary N) is 1. The van der Waals surface area contributed by atoms with Gasteiger partial charge >= 0.3 is 6.18 Å². The Hall–Kier alpha value is -2.38. The highest BCUT2D eigenvalue weighted by molar-refractivity contribution is 5.92. The van der Waals surface area contributed by atoms with Gasteiger partial charge in [-0.1, -0.05) is 19.3 Å². The van der Waals surface area contributed by atoms with Gasteiger partial charge in [-0.3, -0.25) is 14.9 Å². The molecule has 2 aromatic heterocycles. The lowest BCUT2D eigenvalue weighted by molar-refractivity contribution is -0.141. The molecule has 1 N–H and O–H groups in total. The molecule has 3 rings (SSSR count). The molecule has 2 aromatic rings. The highest BCUT2D eigenvalue weighted by Crippen LogP contribution is 2.29. The van der Waals surface area contributed by atoms with Crippen LogP contribution in [0.1, 0.15) is 53.8 Å². The minimum atomic E-state index is -4.55. The summed E-state index contributed by atoms with van der Waals surface area (Å²) in [6.07, 6.45) is 3.57. The number of carbonyl (C=O) groups is 1. The quantitative estimate of drug-likeness (QED) is 0.910. The molecule has 0 bridgehead atoms. The Balaban J connectivity index is 1.84. The molecule has 0 saturated heterocycles. The second-order valence-corrected chi connectivity index (χ2v) is 6.24. The van der Waals surface area contributed by atoms with E-state index in [1.165, 1.54) is 0 Å². The molecule has 0 atom stereocenters. The number of H-pyrrole nitrogens is 1. The first-order chi connectivity index (χ1) is 11.9. The molecule has 1 amide bonds. The topological polar surface area (TPSA) is 61.9 Å². The Kier molecular flexibility index (Phi) is 5.06. The Morgan fingerprint density at radius 1 is 1.20 bits per heavy atom. The highest BCUT2D eigenvalue weighted by atomic mass is 19.4. The predicted octanol–water partition coefficient (Wildman–Crippen LogP) is 3.80. The second kappa shape index (κ2) is 7.25. The largest absolute Gasteiger partial charge is 0.432 e. The average Bonchev–Trinajstić information content (AvgIpc) is 3.11. The normalized spacial score (nSPS) is 16.0. The molecular weight excluding hydrogens is 333 g/mol. The first-order valence-electron chi connectivity index (χ1n) is 8.27. The zero-order chi connectivity index (χ0) is 17.9. The van der Waals surface area contributed by atoms with Gasteiger partial charge in [0.1, 0.15) is 5.69 Å². The maximum Gasteiger partial charge on any atom is 0.432 e. The van der Waals surface area contributed by atoms with Gasteiger partial charge in [-0.25, -0.2) is 0 Å². The van der Waals surface area contributed by atoms with Crippen LogP contribution in [0.4, 0.5) is 13.2 Å². The van der Waals surface area contributed by atoms with Gasteiger partial charge in [0.15, 0.2) is 5.69 Å². The van der Waals surface area contributed by atoms with Gasteiger partial charge < -0.3 is 4.90 Å². The molecular formula is C17H19F3N4O. The Morgan fingerprint density at radius 2 is 1.88 bits per heavy atom. The maximum atomic E-state index is 12.8. The van der Waals surface area contributed by atoms with Gasteiger partial charge in [-0.05, 0) is 30.5 Å². The van der Waals surface area contributed by atoms with Crippen LogP contribution in [0.15, 0.2) is 30.6 Å². The van der Waals surface area contributed by atoms with Crippen LogP contribution in [0.2, 0.25) is 0 Å². The van der Waals surface area contributed by atoms with Crippen LogP contribution in [-0.4, -0.2) is 32.0 Å². The standard InChI is InChI=1S/C17H19F3N4O/c18-17(19,20)15-10-14(22-23-15)16(25)24(13-4-2-1-3-5-13)11-12-6-8-21-9-7-12/h6-10,13H,1-5,11H2,(H,22,23). The first kappa shape index (κ1) is 17.4. The van der Waals surface area contributed by atoms with Crippen molar-refractivity contribution < 1.29 is 18.0 Å². The average molecular weight is 352 g/mol. The molecule has 1 fully saturated rings. The molecule has 0 aromatic carbocycles. The van der Waals surface area contributed by atoms with Crippen molar-refractivity contribution in [3.8, 4) is 0 Å². The fourth-order valence-electron chi connectivity index (χ4n) is 3.17. The number of aromatic amines is 1. The van der Waals surface area contributed by atoms with E-state index in [2.05, 4.69) is 10.1 Å². The van der Waals surface area contributed by atoms with E-state index >= 15 is 0 Å². The number of alkyl halides is 3. The van der Waals surface area contributed by atoms with Crippen molar-refractivity contribution in [2.24, 2.45) is 0 Å². The van der Waals surface area contributed by atoms with E-state index in [0.717, 1.165) is 43.7 Å².